The second-order valence-electron chi connectivity index (χ2n) is 7.32. The van der Waals surface area contributed by atoms with E-state index in [-0.39, 0.29) is 30.2 Å². The number of likely N-dealkylation sites (tertiary alicyclic amines) is 1. The lowest BCUT2D eigenvalue weighted by Crippen LogP contribution is -2.38. The summed E-state index contributed by atoms with van der Waals surface area (Å²) in [5.74, 6) is -0.134. The van der Waals surface area contributed by atoms with Crippen LogP contribution in [0.5, 0.6) is 5.75 Å². The van der Waals surface area contributed by atoms with Crippen molar-refractivity contribution in [2.45, 2.75) is 33.1 Å². The number of ether oxygens (including phenoxy) is 1. The molecule has 1 aromatic rings. The summed E-state index contributed by atoms with van der Waals surface area (Å²) in [6.45, 7) is 3.54. The molecule has 0 spiro atoms. The van der Waals surface area contributed by atoms with E-state index in [1.807, 2.05) is 26.0 Å². The first kappa shape index (κ1) is 15.4. The van der Waals surface area contributed by atoms with Crippen LogP contribution >= 0.6 is 0 Å². The van der Waals surface area contributed by atoms with Gasteiger partial charge in [0.1, 0.15) is 12.3 Å². The Labute approximate surface area is 141 Å². The highest BCUT2D eigenvalue weighted by Gasteiger charge is 2.61. The molecule has 0 unspecified atom stereocenters. The zero-order valence-corrected chi connectivity index (χ0v) is 14.0. The van der Waals surface area contributed by atoms with Gasteiger partial charge in [-0.3, -0.25) is 14.5 Å². The van der Waals surface area contributed by atoms with Crippen LogP contribution in [0.1, 0.15) is 30.4 Å². The Morgan fingerprint density at radius 2 is 1.75 bits per heavy atom. The second kappa shape index (κ2) is 5.43. The maximum Gasteiger partial charge on any atom is 0.331 e. The lowest BCUT2D eigenvalue weighted by Gasteiger charge is -2.19. The van der Waals surface area contributed by atoms with Gasteiger partial charge in [-0.15, -0.1) is 0 Å². The van der Waals surface area contributed by atoms with Crippen molar-refractivity contribution in [1.82, 2.24) is 4.90 Å². The minimum Gasteiger partial charge on any atom is -0.425 e. The molecule has 1 aromatic carbocycles. The summed E-state index contributed by atoms with van der Waals surface area (Å²) in [6, 6.07) is 5.49. The Balaban J connectivity index is 1.47. The first-order chi connectivity index (χ1) is 11.5. The van der Waals surface area contributed by atoms with Gasteiger partial charge in [0.25, 0.3) is 0 Å². The fourth-order valence-electron chi connectivity index (χ4n) is 4.75. The Kier molecular flexibility index (Phi) is 3.48. The zero-order valence-electron chi connectivity index (χ0n) is 14.0. The van der Waals surface area contributed by atoms with Crippen molar-refractivity contribution < 1.29 is 19.1 Å². The zero-order chi connectivity index (χ0) is 17.0. The highest BCUT2D eigenvalue weighted by atomic mass is 16.5. The average molecular weight is 327 g/mol. The van der Waals surface area contributed by atoms with E-state index >= 15 is 0 Å². The molecule has 2 bridgehead atoms. The number of hydrogen-bond acceptors (Lipinski definition) is 4. The molecule has 3 aliphatic rings. The van der Waals surface area contributed by atoms with E-state index in [9.17, 15) is 14.4 Å². The molecule has 1 heterocycles. The molecule has 5 nitrogen and oxygen atoms in total. The molecule has 3 fully saturated rings. The van der Waals surface area contributed by atoms with Gasteiger partial charge in [0.05, 0.1) is 11.8 Å². The highest BCUT2D eigenvalue weighted by Crippen LogP contribution is 2.56. The number of fused-ring (bicyclic) bond motifs is 5. The van der Waals surface area contributed by atoms with Crippen LogP contribution in [0.2, 0.25) is 0 Å². The summed E-state index contributed by atoms with van der Waals surface area (Å²) >= 11 is 0. The van der Waals surface area contributed by atoms with Crippen LogP contribution in [-0.2, 0) is 14.4 Å². The van der Waals surface area contributed by atoms with Gasteiger partial charge in [0.2, 0.25) is 11.8 Å². The van der Waals surface area contributed by atoms with Gasteiger partial charge in [-0.05, 0) is 62.1 Å². The summed E-state index contributed by atoms with van der Waals surface area (Å²) in [4.78, 5) is 38.6. The molecule has 5 heteroatoms. The first-order valence-electron chi connectivity index (χ1n) is 8.59. The number of amides is 2. The normalized spacial score (nSPS) is 30.8. The SMILES string of the molecule is Cc1cccc(OC(=O)CN2C(=O)[C@@H]3[C@@H]4CC[C@@H](C4)[C@@H]3C2=O)c1C. The average Bonchev–Trinajstić information content (AvgIpc) is 3.22. The van der Waals surface area contributed by atoms with Crippen molar-refractivity contribution in [2.24, 2.45) is 23.7 Å². The van der Waals surface area contributed by atoms with E-state index in [0.29, 0.717) is 17.6 Å². The van der Waals surface area contributed by atoms with Crippen LogP contribution in [0.3, 0.4) is 0 Å². The van der Waals surface area contributed by atoms with Gasteiger partial charge in [-0.2, -0.15) is 0 Å². The molecular weight excluding hydrogens is 306 g/mol. The largest absolute Gasteiger partial charge is 0.425 e. The Hall–Kier alpha value is -2.17. The molecule has 4 atom stereocenters. The van der Waals surface area contributed by atoms with Gasteiger partial charge in [-0.1, -0.05) is 12.1 Å². The van der Waals surface area contributed by atoms with Gasteiger partial charge in [0.15, 0.2) is 0 Å². The van der Waals surface area contributed by atoms with Crippen molar-refractivity contribution in [3.63, 3.8) is 0 Å². The Morgan fingerprint density at radius 3 is 2.38 bits per heavy atom. The first-order valence-corrected chi connectivity index (χ1v) is 8.59. The molecule has 1 aliphatic heterocycles. The van der Waals surface area contributed by atoms with Crippen LogP contribution in [-0.4, -0.2) is 29.2 Å². The van der Waals surface area contributed by atoms with Crippen molar-refractivity contribution in [2.75, 3.05) is 6.54 Å². The predicted octanol–water partition coefficient (Wildman–Crippen LogP) is 2.24. The maximum absolute atomic E-state index is 12.6. The second-order valence-corrected chi connectivity index (χ2v) is 7.32. The number of imide groups is 1. The van der Waals surface area contributed by atoms with E-state index in [0.717, 1.165) is 35.3 Å². The minimum atomic E-state index is -0.558. The number of rotatable bonds is 3. The van der Waals surface area contributed by atoms with Crippen molar-refractivity contribution in [3.8, 4) is 5.75 Å². The maximum atomic E-state index is 12.6. The number of esters is 1. The lowest BCUT2D eigenvalue weighted by atomic mass is 9.81. The third-order valence-electron chi connectivity index (χ3n) is 6.08. The lowest BCUT2D eigenvalue weighted by molar-refractivity contribution is -0.148. The number of hydrogen-bond donors (Lipinski definition) is 0. The van der Waals surface area contributed by atoms with Crippen LogP contribution in [0, 0.1) is 37.5 Å². The smallest absolute Gasteiger partial charge is 0.331 e. The van der Waals surface area contributed by atoms with E-state index in [4.69, 9.17) is 4.74 Å². The predicted molar refractivity (Wildman–Crippen MR) is 86.1 cm³/mol. The van der Waals surface area contributed by atoms with Gasteiger partial charge >= 0.3 is 5.97 Å². The number of nitrogens with zero attached hydrogens (tertiary/aromatic N) is 1. The van der Waals surface area contributed by atoms with Crippen LogP contribution in [0.25, 0.3) is 0 Å². The molecule has 4 rings (SSSR count). The van der Waals surface area contributed by atoms with Crippen LogP contribution < -0.4 is 4.74 Å². The van der Waals surface area contributed by atoms with Gasteiger partial charge < -0.3 is 4.74 Å². The van der Waals surface area contributed by atoms with Crippen LogP contribution in [0.15, 0.2) is 18.2 Å². The molecule has 2 aliphatic carbocycles. The summed E-state index contributed by atoms with van der Waals surface area (Å²) in [5.41, 5.74) is 1.92. The summed E-state index contributed by atoms with van der Waals surface area (Å²) in [6.07, 6.45) is 3.06. The van der Waals surface area contributed by atoms with E-state index in [2.05, 4.69) is 0 Å². The monoisotopic (exact) mass is 327 g/mol. The molecule has 0 aromatic heterocycles. The molecule has 0 radical (unpaired) electrons. The number of carbonyl (C=O) groups is 3. The molecular formula is C19H21NO4. The Bertz CT molecular complexity index is 713. The summed E-state index contributed by atoms with van der Waals surface area (Å²) in [5, 5.41) is 0. The molecule has 126 valence electrons. The molecule has 24 heavy (non-hydrogen) atoms. The number of benzene rings is 1. The fourth-order valence-corrected chi connectivity index (χ4v) is 4.75. The molecule has 1 saturated heterocycles. The van der Waals surface area contributed by atoms with Crippen molar-refractivity contribution >= 4 is 17.8 Å². The fraction of sp³-hybridized carbons (Fsp3) is 0.526. The topological polar surface area (TPSA) is 63.7 Å². The third-order valence-corrected chi connectivity index (χ3v) is 6.08. The van der Waals surface area contributed by atoms with Crippen molar-refractivity contribution in [3.05, 3.63) is 29.3 Å². The molecule has 0 N–H and O–H groups in total. The number of carbonyl (C=O) groups excluding carboxylic acids is 3. The third kappa shape index (κ3) is 2.18. The highest BCUT2D eigenvalue weighted by molar-refractivity contribution is 6.07. The van der Waals surface area contributed by atoms with Gasteiger partial charge in [-0.25, -0.2) is 4.79 Å². The quantitative estimate of drug-likeness (QED) is 0.485. The van der Waals surface area contributed by atoms with Crippen LogP contribution in [0.4, 0.5) is 0 Å². The van der Waals surface area contributed by atoms with Gasteiger partial charge in [0, 0.05) is 0 Å². The molecule has 2 amide bonds. The van der Waals surface area contributed by atoms with E-state index in [1.54, 1.807) is 6.07 Å². The Morgan fingerprint density at radius 1 is 1.12 bits per heavy atom. The standard InChI is InChI=1S/C19H21NO4/c1-10-4-3-5-14(11(10)2)24-15(21)9-20-18(22)16-12-6-7-13(8-12)17(16)19(20)23/h3-5,12-13,16-17H,6-9H2,1-2H3/t12-,13+,16-,17+. The van der Waals surface area contributed by atoms with E-state index in [1.165, 1.54) is 0 Å². The number of aryl methyl sites for hydroxylation is 1. The minimum absolute atomic E-state index is 0.171. The van der Waals surface area contributed by atoms with Crippen molar-refractivity contribution in [1.29, 1.82) is 0 Å². The summed E-state index contributed by atoms with van der Waals surface area (Å²) < 4.78 is 5.39. The van der Waals surface area contributed by atoms with E-state index < -0.39 is 5.97 Å². The molecule has 2 saturated carbocycles. The summed E-state index contributed by atoms with van der Waals surface area (Å²) in [7, 11) is 0.